The molecule has 0 spiro atoms. The van der Waals surface area contributed by atoms with Gasteiger partial charge in [-0.3, -0.25) is 25.0 Å². The van der Waals surface area contributed by atoms with E-state index in [4.69, 9.17) is 9.84 Å². The number of carbonyl (C=O) groups is 2. The van der Waals surface area contributed by atoms with E-state index < -0.39 is 33.2 Å². The fraction of sp³-hybridized carbons (Fsp3) is 0.529. The Kier molecular flexibility index (Phi) is 9.41. The lowest BCUT2D eigenvalue weighted by molar-refractivity contribution is -0.394. The van der Waals surface area contributed by atoms with Crippen molar-refractivity contribution in [3.63, 3.8) is 0 Å². The molecule has 0 amide bonds. The van der Waals surface area contributed by atoms with E-state index >= 15 is 0 Å². The lowest BCUT2D eigenvalue weighted by Crippen LogP contribution is -2.08. The van der Waals surface area contributed by atoms with Crippen LogP contribution in [0.5, 0.6) is 0 Å². The average Bonchev–Trinajstić information content (AvgIpc) is 2.62. The molecule has 1 aromatic rings. The van der Waals surface area contributed by atoms with Gasteiger partial charge in [-0.05, 0) is 12.8 Å². The fourth-order valence-electron chi connectivity index (χ4n) is 2.43. The molecule has 10 heteroatoms. The number of carboxylic acid groups (broad SMARTS) is 1. The number of nitrogens with zero attached hydrogens (tertiary/aromatic N) is 2. The van der Waals surface area contributed by atoms with E-state index in [0.717, 1.165) is 50.3 Å². The first-order chi connectivity index (χ1) is 12.8. The number of aliphatic carboxylic acids is 1. The van der Waals surface area contributed by atoms with Gasteiger partial charge in [-0.1, -0.05) is 32.1 Å². The van der Waals surface area contributed by atoms with Crippen molar-refractivity contribution < 1.29 is 29.3 Å². The standard InChI is InChI=1S/C17H22N2O8/c20-16(21)8-6-4-2-1-3-5-7-9-27-17(22)13-10-14(18(23)24)12-15(11-13)19(25)26/h10-12H,1-9H2,(H,20,21). The molecule has 0 saturated heterocycles. The Labute approximate surface area is 155 Å². The lowest BCUT2D eigenvalue weighted by Gasteiger charge is -2.05. The van der Waals surface area contributed by atoms with E-state index in [-0.39, 0.29) is 18.6 Å². The zero-order valence-corrected chi connectivity index (χ0v) is 14.8. The van der Waals surface area contributed by atoms with Crippen LogP contribution in [-0.4, -0.2) is 33.5 Å². The predicted molar refractivity (Wildman–Crippen MR) is 94.6 cm³/mol. The van der Waals surface area contributed by atoms with Crippen LogP contribution < -0.4 is 0 Å². The van der Waals surface area contributed by atoms with Crippen molar-refractivity contribution in [2.75, 3.05) is 6.61 Å². The second-order valence-electron chi connectivity index (χ2n) is 6.01. The Morgan fingerprint density at radius 1 is 0.852 bits per heavy atom. The number of hydrogen-bond donors (Lipinski definition) is 1. The average molecular weight is 382 g/mol. The highest BCUT2D eigenvalue weighted by atomic mass is 16.6. The molecule has 0 unspecified atom stereocenters. The predicted octanol–water partition coefficient (Wildman–Crippen LogP) is 3.87. The first-order valence-electron chi connectivity index (χ1n) is 8.64. The van der Waals surface area contributed by atoms with Crippen LogP contribution in [0.25, 0.3) is 0 Å². The molecule has 0 fully saturated rings. The molecule has 0 radical (unpaired) electrons. The van der Waals surface area contributed by atoms with Gasteiger partial charge in [-0.25, -0.2) is 4.79 Å². The Morgan fingerprint density at radius 2 is 1.33 bits per heavy atom. The van der Waals surface area contributed by atoms with Crippen LogP contribution in [0.4, 0.5) is 11.4 Å². The number of carboxylic acids is 1. The topological polar surface area (TPSA) is 150 Å². The van der Waals surface area contributed by atoms with Gasteiger partial charge in [0.15, 0.2) is 0 Å². The number of non-ortho nitro benzene ring substituents is 2. The quantitative estimate of drug-likeness (QED) is 0.234. The lowest BCUT2D eigenvalue weighted by atomic mass is 10.1. The zero-order chi connectivity index (χ0) is 20.2. The highest BCUT2D eigenvalue weighted by Gasteiger charge is 2.20. The molecule has 0 bridgehead atoms. The van der Waals surface area contributed by atoms with Crippen molar-refractivity contribution >= 4 is 23.3 Å². The van der Waals surface area contributed by atoms with Crippen molar-refractivity contribution in [1.29, 1.82) is 0 Å². The molecule has 148 valence electrons. The van der Waals surface area contributed by atoms with Gasteiger partial charge in [0.2, 0.25) is 0 Å². The van der Waals surface area contributed by atoms with Crippen LogP contribution in [-0.2, 0) is 9.53 Å². The number of carbonyl (C=O) groups excluding carboxylic acids is 1. The van der Waals surface area contributed by atoms with Crippen LogP contribution in [0.2, 0.25) is 0 Å². The van der Waals surface area contributed by atoms with Crippen molar-refractivity contribution in [3.8, 4) is 0 Å². The summed E-state index contributed by atoms with van der Waals surface area (Å²) in [5.74, 6) is -1.62. The Morgan fingerprint density at radius 3 is 1.81 bits per heavy atom. The summed E-state index contributed by atoms with van der Waals surface area (Å²) in [6, 6.07) is 2.69. The highest BCUT2D eigenvalue weighted by Crippen LogP contribution is 2.23. The first-order valence-corrected chi connectivity index (χ1v) is 8.64. The van der Waals surface area contributed by atoms with Crippen molar-refractivity contribution in [3.05, 3.63) is 44.0 Å². The van der Waals surface area contributed by atoms with E-state index in [0.29, 0.717) is 12.8 Å². The Hall–Kier alpha value is -3.04. The van der Waals surface area contributed by atoms with Gasteiger partial charge in [0.05, 0.1) is 28.1 Å². The number of nitro groups is 2. The molecule has 10 nitrogen and oxygen atoms in total. The normalized spacial score (nSPS) is 10.4. The number of ether oxygens (including phenoxy) is 1. The molecule has 1 aromatic carbocycles. The van der Waals surface area contributed by atoms with Gasteiger partial charge in [-0.2, -0.15) is 0 Å². The first kappa shape index (κ1) is 22.0. The van der Waals surface area contributed by atoms with Crippen LogP contribution >= 0.6 is 0 Å². The van der Waals surface area contributed by atoms with E-state index in [2.05, 4.69) is 0 Å². The summed E-state index contributed by atoms with van der Waals surface area (Å²) < 4.78 is 5.02. The van der Waals surface area contributed by atoms with Gasteiger partial charge >= 0.3 is 11.9 Å². The SMILES string of the molecule is O=C(O)CCCCCCCCCOC(=O)c1cc([N+](=O)[O-])cc([N+](=O)[O-])c1. The van der Waals surface area contributed by atoms with E-state index in [9.17, 15) is 29.8 Å². The molecule has 27 heavy (non-hydrogen) atoms. The second kappa shape index (κ2) is 11.6. The molecule has 1 rings (SSSR count). The number of esters is 1. The summed E-state index contributed by atoms with van der Waals surface area (Å²) in [6.45, 7) is 0.119. The van der Waals surface area contributed by atoms with Gasteiger partial charge < -0.3 is 9.84 Å². The molecule has 0 aliphatic carbocycles. The third-order valence-corrected chi connectivity index (χ3v) is 3.83. The molecule has 0 saturated carbocycles. The summed E-state index contributed by atoms with van der Waals surface area (Å²) in [7, 11) is 0. The molecular weight excluding hydrogens is 360 g/mol. The maximum absolute atomic E-state index is 11.9. The summed E-state index contributed by atoms with van der Waals surface area (Å²) in [5.41, 5.74) is -1.31. The molecule has 1 N–H and O–H groups in total. The van der Waals surface area contributed by atoms with Crippen LogP contribution in [0.1, 0.15) is 61.7 Å². The maximum atomic E-state index is 11.9. The number of benzene rings is 1. The summed E-state index contributed by atoms with van der Waals surface area (Å²) in [6.07, 6.45) is 5.99. The van der Waals surface area contributed by atoms with Gasteiger partial charge in [-0.15, -0.1) is 0 Å². The molecule has 0 aromatic heterocycles. The van der Waals surface area contributed by atoms with E-state index in [1.807, 2.05) is 0 Å². The third-order valence-electron chi connectivity index (χ3n) is 3.83. The number of rotatable bonds is 13. The maximum Gasteiger partial charge on any atom is 0.338 e. The molecular formula is C17H22N2O8. The zero-order valence-electron chi connectivity index (χ0n) is 14.8. The number of unbranched alkanes of at least 4 members (excludes halogenated alkanes) is 6. The van der Waals surface area contributed by atoms with Gasteiger partial charge in [0, 0.05) is 18.6 Å². The van der Waals surface area contributed by atoms with Gasteiger partial charge in [0.25, 0.3) is 11.4 Å². The molecule has 0 atom stereocenters. The van der Waals surface area contributed by atoms with Gasteiger partial charge in [0.1, 0.15) is 0 Å². The highest BCUT2D eigenvalue weighted by molar-refractivity contribution is 5.91. The Balaban J connectivity index is 2.31. The Bertz CT molecular complexity index is 657. The van der Waals surface area contributed by atoms with E-state index in [1.165, 1.54) is 0 Å². The van der Waals surface area contributed by atoms with Crippen molar-refractivity contribution in [2.24, 2.45) is 0 Å². The number of hydrogen-bond acceptors (Lipinski definition) is 7. The minimum absolute atomic E-state index is 0.119. The van der Waals surface area contributed by atoms with Crippen molar-refractivity contribution in [1.82, 2.24) is 0 Å². The molecule has 0 aliphatic heterocycles. The second-order valence-corrected chi connectivity index (χ2v) is 6.01. The molecule has 0 aliphatic rings. The summed E-state index contributed by atoms with van der Waals surface area (Å²) >= 11 is 0. The molecule has 0 heterocycles. The minimum atomic E-state index is -0.838. The summed E-state index contributed by atoms with van der Waals surface area (Å²) in [4.78, 5) is 42.3. The van der Waals surface area contributed by atoms with Crippen LogP contribution in [0.15, 0.2) is 18.2 Å². The minimum Gasteiger partial charge on any atom is -0.481 e. The van der Waals surface area contributed by atoms with Crippen LogP contribution in [0.3, 0.4) is 0 Å². The summed E-state index contributed by atoms with van der Waals surface area (Å²) in [5, 5.41) is 30.1. The monoisotopic (exact) mass is 382 g/mol. The largest absolute Gasteiger partial charge is 0.481 e. The van der Waals surface area contributed by atoms with E-state index in [1.54, 1.807) is 0 Å². The fourth-order valence-corrected chi connectivity index (χ4v) is 2.43. The smallest absolute Gasteiger partial charge is 0.338 e. The third kappa shape index (κ3) is 8.75. The van der Waals surface area contributed by atoms with Crippen LogP contribution in [0, 0.1) is 20.2 Å². The number of nitro benzene ring substituents is 2. The van der Waals surface area contributed by atoms with Crippen molar-refractivity contribution in [2.45, 2.75) is 51.4 Å².